The maximum atomic E-state index is 12.9. The molecule has 4 fully saturated rings. The highest BCUT2D eigenvalue weighted by Gasteiger charge is 2.70. The topological polar surface area (TPSA) is 134 Å². The van der Waals surface area contributed by atoms with Crippen molar-refractivity contribution in [3.05, 3.63) is 36.0 Å². The highest BCUT2D eigenvalue weighted by Crippen LogP contribution is 2.73. The second-order valence-electron chi connectivity index (χ2n) is 18.1. The zero-order valence-corrected chi connectivity index (χ0v) is 32.0. The number of fused-ring (bicyclic) bond motifs is 2. The number of rotatable bonds is 9. The number of carbonyl (C=O) groups is 2. The van der Waals surface area contributed by atoms with Crippen LogP contribution in [-0.2, 0) is 19.1 Å². The first-order chi connectivity index (χ1) is 22.6. The lowest BCUT2D eigenvalue weighted by Crippen LogP contribution is -2.70. The summed E-state index contributed by atoms with van der Waals surface area (Å²) in [4.78, 5) is 25.6. The molecule has 0 bridgehead atoms. The van der Waals surface area contributed by atoms with Crippen LogP contribution in [0.15, 0.2) is 36.0 Å². The fourth-order valence-corrected chi connectivity index (χ4v) is 11.5. The lowest BCUT2D eigenvalue weighted by Gasteiger charge is -2.70. The first-order valence-electron chi connectivity index (χ1n) is 18.6. The fraction of sp³-hybridized carbons (Fsp3) is 0.805. The van der Waals surface area contributed by atoms with E-state index in [1.165, 1.54) is 0 Å². The van der Waals surface area contributed by atoms with Gasteiger partial charge in [0.2, 0.25) is 0 Å². The number of hydrogen-bond donors (Lipinski definition) is 4. The van der Waals surface area contributed by atoms with Crippen LogP contribution < -0.4 is 0 Å². The molecule has 0 aliphatic heterocycles. The van der Waals surface area contributed by atoms with Gasteiger partial charge in [0, 0.05) is 16.6 Å². The van der Waals surface area contributed by atoms with Crippen LogP contribution in [0, 0.1) is 50.2 Å². The lowest BCUT2D eigenvalue weighted by molar-refractivity contribution is -0.276. The van der Waals surface area contributed by atoms with Crippen LogP contribution >= 0.6 is 0 Å². The van der Waals surface area contributed by atoms with Gasteiger partial charge in [-0.15, -0.1) is 6.58 Å². The van der Waals surface area contributed by atoms with Crippen LogP contribution in [0.5, 0.6) is 0 Å². The van der Waals surface area contributed by atoms with E-state index in [-0.39, 0.29) is 53.2 Å². The Kier molecular flexibility index (Phi) is 11.2. The Hall–Kier alpha value is -2.00. The Bertz CT molecular complexity index is 1330. The summed E-state index contributed by atoms with van der Waals surface area (Å²) in [5.41, 5.74) is -2.27. The van der Waals surface area contributed by atoms with Crippen LogP contribution in [0.1, 0.15) is 121 Å². The smallest absolute Gasteiger partial charge is 0.333 e. The van der Waals surface area contributed by atoms with Gasteiger partial charge in [-0.05, 0) is 118 Å². The van der Waals surface area contributed by atoms with Gasteiger partial charge in [-0.2, -0.15) is 0 Å². The molecule has 0 aromatic carbocycles. The van der Waals surface area contributed by atoms with Crippen LogP contribution in [0.4, 0.5) is 0 Å². The third-order valence-electron chi connectivity index (χ3n) is 15.2. The normalized spacial score (nSPS) is 45.5. The van der Waals surface area contributed by atoms with Gasteiger partial charge >= 0.3 is 11.9 Å². The van der Waals surface area contributed by atoms with E-state index in [4.69, 9.17) is 9.47 Å². The van der Waals surface area contributed by atoms with E-state index in [0.29, 0.717) is 36.8 Å². The van der Waals surface area contributed by atoms with Crippen molar-refractivity contribution in [3.63, 3.8) is 0 Å². The Labute approximate surface area is 295 Å². The molecule has 4 aliphatic carbocycles. The zero-order chi connectivity index (χ0) is 37.0. The predicted molar refractivity (Wildman–Crippen MR) is 191 cm³/mol. The van der Waals surface area contributed by atoms with E-state index in [0.717, 1.165) is 25.7 Å². The molecule has 8 nitrogen and oxygen atoms in total. The molecule has 278 valence electrons. The minimum absolute atomic E-state index is 0.0940. The van der Waals surface area contributed by atoms with E-state index in [2.05, 4.69) is 34.3 Å². The Morgan fingerprint density at radius 2 is 1.35 bits per heavy atom. The van der Waals surface area contributed by atoms with Crippen molar-refractivity contribution in [3.8, 4) is 0 Å². The van der Waals surface area contributed by atoms with E-state index in [9.17, 15) is 30.0 Å². The Morgan fingerprint density at radius 1 is 0.776 bits per heavy atom. The van der Waals surface area contributed by atoms with Gasteiger partial charge in [0.1, 0.15) is 6.61 Å². The molecule has 4 aliphatic rings. The van der Waals surface area contributed by atoms with Crippen LogP contribution in [0.25, 0.3) is 0 Å². The van der Waals surface area contributed by atoms with Crippen molar-refractivity contribution >= 4 is 11.9 Å². The predicted octanol–water partition coefficient (Wildman–Crippen LogP) is 6.70. The average Bonchev–Trinajstić information content (AvgIpc) is 3.04. The molecule has 0 heterocycles. The van der Waals surface area contributed by atoms with E-state index >= 15 is 0 Å². The quantitative estimate of drug-likeness (QED) is 0.120. The Balaban J connectivity index is 1.74. The summed E-state index contributed by atoms with van der Waals surface area (Å²) in [6.07, 6.45) is 7.01. The monoisotopic (exact) mass is 686 g/mol. The molecule has 3 unspecified atom stereocenters. The molecule has 0 aromatic heterocycles. The van der Waals surface area contributed by atoms with Gasteiger partial charge in [0.05, 0.1) is 36.4 Å². The zero-order valence-electron chi connectivity index (χ0n) is 32.0. The van der Waals surface area contributed by atoms with E-state index in [1.54, 1.807) is 32.9 Å². The number of ether oxygens (including phenoxy) is 2. The lowest BCUT2D eigenvalue weighted by atomic mass is 9.35. The van der Waals surface area contributed by atoms with Crippen LogP contribution in [0.3, 0.4) is 0 Å². The maximum Gasteiger partial charge on any atom is 0.333 e. The highest BCUT2D eigenvalue weighted by atomic mass is 16.5. The molecular formula is C41H66O8. The summed E-state index contributed by atoms with van der Waals surface area (Å²) in [7, 11) is 0. The molecule has 0 radical (unpaired) electrons. The molecular weight excluding hydrogens is 620 g/mol. The van der Waals surface area contributed by atoms with Crippen molar-refractivity contribution in [1.82, 2.24) is 0 Å². The van der Waals surface area contributed by atoms with Crippen molar-refractivity contribution in [2.45, 2.75) is 145 Å². The van der Waals surface area contributed by atoms with Crippen molar-refractivity contribution < 1.29 is 39.5 Å². The molecule has 8 heteroatoms. The first-order valence-corrected chi connectivity index (χ1v) is 18.6. The molecule has 0 aromatic rings. The second-order valence-corrected chi connectivity index (χ2v) is 18.1. The first kappa shape index (κ1) is 39.8. The largest absolute Gasteiger partial charge is 0.462 e. The van der Waals surface area contributed by atoms with Crippen molar-refractivity contribution in [2.75, 3.05) is 13.2 Å². The van der Waals surface area contributed by atoms with E-state index in [1.807, 2.05) is 26.8 Å². The summed E-state index contributed by atoms with van der Waals surface area (Å²) < 4.78 is 11.7. The number of aliphatic hydroxyl groups is 4. The number of hydrogen-bond acceptors (Lipinski definition) is 8. The molecule has 0 saturated heterocycles. The summed E-state index contributed by atoms with van der Waals surface area (Å²) in [6, 6.07) is 0. The minimum Gasteiger partial charge on any atom is -0.462 e. The molecule has 4 rings (SSSR count). The van der Waals surface area contributed by atoms with Gasteiger partial charge in [0.15, 0.2) is 0 Å². The van der Waals surface area contributed by atoms with Gasteiger partial charge < -0.3 is 29.9 Å². The second kappa shape index (κ2) is 13.9. The molecule has 0 spiro atoms. The van der Waals surface area contributed by atoms with Gasteiger partial charge in [-0.3, -0.25) is 0 Å². The number of esters is 2. The molecule has 49 heavy (non-hydrogen) atoms. The Morgan fingerprint density at radius 3 is 1.90 bits per heavy atom. The van der Waals surface area contributed by atoms with Crippen LogP contribution in [0.2, 0.25) is 0 Å². The number of carbonyl (C=O) groups excluding carboxylic acids is 2. The molecule has 4 saturated carbocycles. The third kappa shape index (κ3) is 6.29. The molecule has 0 amide bonds. The number of allylic oxidation sites excluding steroid dienone is 3. The van der Waals surface area contributed by atoms with Gasteiger partial charge in [-0.1, -0.05) is 59.8 Å². The third-order valence-corrected chi connectivity index (χ3v) is 15.2. The van der Waals surface area contributed by atoms with Gasteiger partial charge in [-0.25, -0.2) is 9.59 Å². The molecule has 12 atom stereocenters. The average molecular weight is 687 g/mol. The number of aliphatic hydroxyl groups excluding tert-OH is 4. The highest BCUT2D eigenvalue weighted by molar-refractivity contribution is 5.88. The minimum atomic E-state index is -1.26. The summed E-state index contributed by atoms with van der Waals surface area (Å²) in [5.74, 6) is -0.804. The maximum absolute atomic E-state index is 12.9. The van der Waals surface area contributed by atoms with E-state index < -0.39 is 46.6 Å². The van der Waals surface area contributed by atoms with Gasteiger partial charge in [0.25, 0.3) is 0 Å². The summed E-state index contributed by atoms with van der Waals surface area (Å²) in [6.45, 7) is 24.2. The summed E-state index contributed by atoms with van der Waals surface area (Å²) in [5, 5.41) is 47.1. The van der Waals surface area contributed by atoms with Crippen molar-refractivity contribution in [2.24, 2.45) is 50.2 Å². The fourth-order valence-electron chi connectivity index (χ4n) is 11.5. The standard InChI is InChI=1S/C41H66O8/c1-12-15-29-38(9)18-17-30(42)39(10,23-48-34(46)25(4)13-2)28(38)16-19-40(29,11)37(8)21-27-20-36(6,7)32(44)33(45)41(27,31(43)22-37)24-49-35(47)26(5)14-3/h12-14,27-33,42-45H,1,15-24H2,2-11H3/t27?,28?,29?,30-,31+,32-,33-,37-,38-,39+,40+,41-/m0/s1. The molecule has 4 N–H and O–H groups in total. The van der Waals surface area contributed by atoms with Crippen LogP contribution in [-0.4, -0.2) is 70.0 Å². The van der Waals surface area contributed by atoms with Crippen molar-refractivity contribution in [1.29, 1.82) is 0 Å². The SMILES string of the molecule is C=CCC1[C@@]2(C)CC[C@H](O)[C@](C)(COC(=O)C(C)=CC)C2CC[C@@]1(C)[C@@]1(C)CC2CC(C)(C)[C@@H](O)[C@H](O)[C@]2(COC(=O)C(C)=CC)[C@H](O)C1. The summed E-state index contributed by atoms with van der Waals surface area (Å²) >= 11 is 0.